The maximum atomic E-state index is 13.1. The highest BCUT2D eigenvalue weighted by molar-refractivity contribution is 6.01. The van der Waals surface area contributed by atoms with E-state index in [2.05, 4.69) is 27.8 Å². The zero-order chi connectivity index (χ0) is 24.4. The maximum Gasteiger partial charge on any atom is 0.408 e. The van der Waals surface area contributed by atoms with E-state index in [1.807, 2.05) is 36.4 Å². The summed E-state index contributed by atoms with van der Waals surface area (Å²) in [6, 6.07) is 17.3. The number of hydrogen-bond donors (Lipinski definition) is 3. The number of aromatic carboxylic acids is 1. The molecule has 2 heterocycles. The molecule has 1 atom stereocenters. The van der Waals surface area contributed by atoms with Gasteiger partial charge in [-0.25, -0.2) is 9.59 Å². The van der Waals surface area contributed by atoms with E-state index in [1.54, 1.807) is 0 Å². The van der Waals surface area contributed by atoms with Crippen LogP contribution in [0.3, 0.4) is 0 Å². The number of carboxylic acid groups (broad SMARTS) is 1. The molecule has 35 heavy (non-hydrogen) atoms. The van der Waals surface area contributed by atoms with Gasteiger partial charge in [0.05, 0.1) is 24.1 Å². The SMILES string of the molecule is O=C(NC1(C(=O)Nc2cncc(C(=O)O)c2)CCOC1)OCC1c2ccccc2-c2ccccc21. The van der Waals surface area contributed by atoms with Crippen LogP contribution in [0.2, 0.25) is 0 Å². The van der Waals surface area contributed by atoms with Gasteiger partial charge in [-0.15, -0.1) is 0 Å². The van der Waals surface area contributed by atoms with E-state index < -0.39 is 23.5 Å². The van der Waals surface area contributed by atoms with Crippen LogP contribution in [0.1, 0.15) is 33.8 Å². The number of hydrogen-bond acceptors (Lipinski definition) is 6. The predicted octanol–water partition coefficient (Wildman–Crippen LogP) is 3.42. The van der Waals surface area contributed by atoms with E-state index in [0.717, 1.165) is 22.3 Å². The average Bonchev–Trinajstić information content (AvgIpc) is 3.46. The summed E-state index contributed by atoms with van der Waals surface area (Å²) in [5.41, 5.74) is 3.21. The number of anilines is 1. The molecule has 9 nitrogen and oxygen atoms in total. The lowest BCUT2D eigenvalue weighted by Gasteiger charge is -2.27. The number of carboxylic acids is 1. The standard InChI is InChI=1S/C26H23N3O6/c30-23(31)16-11-17(13-27-12-16)28-24(32)26(9-10-34-15-26)29-25(33)35-14-22-20-7-3-1-5-18(20)19-6-2-4-8-21(19)22/h1-8,11-13,22H,9-10,14-15H2,(H,28,32)(H,29,33)(H,30,31). The highest BCUT2D eigenvalue weighted by atomic mass is 16.6. The number of ether oxygens (including phenoxy) is 2. The van der Waals surface area contributed by atoms with Gasteiger partial charge >= 0.3 is 12.1 Å². The Labute approximate surface area is 201 Å². The predicted molar refractivity (Wildman–Crippen MR) is 126 cm³/mol. The molecule has 1 aliphatic heterocycles. The summed E-state index contributed by atoms with van der Waals surface area (Å²) in [6.45, 7) is 0.364. The van der Waals surface area contributed by atoms with Crippen molar-refractivity contribution < 1.29 is 29.0 Å². The molecule has 1 aliphatic carbocycles. The Kier molecular flexibility index (Phi) is 5.92. The van der Waals surface area contributed by atoms with Crippen LogP contribution < -0.4 is 10.6 Å². The summed E-state index contributed by atoms with van der Waals surface area (Å²) in [7, 11) is 0. The molecule has 5 rings (SSSR count). The van der Waals surface area contributed by atoms with E-state index in [0.29, 0.717) is 0 Å². The third-order valence-electron chi connectivity index (χ3n) is 6.38. The molecule has 0 bridgehead atoms. The van der Waals surface area contributed by atoms with Crippen LogP contribution in [0.25, 0.3) is 11.1 Å². The first-order chi connectivity index (χ1) is 17.0. The molecule has 1 unspecified atom stereocenters. The number of carbonyl (C=O) groups is 3. The van der Waals surface area contributed by atoms with Crippen molar-refractivity contribution in [3.63, 3.8) is 0 Å². The number of carbonyl (C=O) groups excluding carboxylic acids is 2. The fraction of sp³-hybridized carbons (Fsp3) is 0.231. The number of nitrogens with zero attached hydrogens (tertiary/aromatic N) is 1. The number of aromatic nitrogens is 1. The van der Waals surface area contributed by atoms with Crippen molar-refractivity contribution >= 4 is 23.7 Å². The van der Waals surface area contributed by atoms with Gasteiger partial charge in [0.2, 0.25) is 0 Å². The molecule has 2 aromatic carbocycles. The van der Waals surface area contributed by atoms with Crippen LogP contribution >= 0.6 is 0 Å². The van der Waals surface area contributed by atoms with E-state index in [1.165, 1.54) is 18.5 Å². The highest BCUT2D eigenvalue weighted by Crippen LogP contribution is 2.44. The third kappa shape index (κ3) is 4.33. The van der Waals surface area contributed by atoms with Crippen LogP contribution in [0.15, 0.2) is 67.0 Å². The van der Waals surface area contributed by atoms with E-state index >= 15 is 0 Å². The van der Waals surface area contributed by atoms with Gasteiger partial charge in [-0.3, -0.25) is 9.78 Å². The van der Waals surface area contributed by atoms with E-state index in [4.69, 9.17) is 14.6 Å². The monoisotopic (exact) mass is 473 g/mol. The second kappa shape index (κ2) is 9.19. The number of fused-ring (bicyclic) bond motifs is 3. The van der Waals surface area contributed by atoms with E-state index in [-0.39, 0.29) is 43.4 Å². The smallest absolute Gasteiger partial charge is 0.408 e. The average molecular weight is 473 g/mol. The minimum atomic E-state index is -1.35. The first-order valence-electron chi connectivity index (χ1n) is 11.2. The van der Waals surface area contributed by atoms with Gasteiger partial charge in [-0.1, -0.05) is 48.5 Å². The van der Waals surface area contributed by atoms with Gasteiger partial charge in [0, 0.05) is 25.1 Å². The lowest BCUT2D eigenvalue weighted by atomic mass is 9.97. The van der Waals surface area contributed by atoms with Gasteiger partial charge in [0.25, 0.3) is 5.91 Å². The Hall–Kier alpha value is -4.24. The second-order valence-electron chi connectivity index (χ2n) is 8.56. The van der Waals surface area contributed by atoms with Gasteiger partial charge in [0.15, 0.2) is 0 Å². The molecule has 178 valence electrons. The van der Waals surface area contributed by atoms with Crippen molar-refractivity contribution in [2.24, 2.45) is 0 Å². The summed E-state index contributed by atoms with van der Waals surface area (Å²) >= 11 is 0. The van der Waals surface area contributed by atoms with Gasteiger partial charge in [-0.05, 0) is 28.3 Å². The molecule has 3 aromatic rings. The van der Waals surface area contributed by atoms with Crippen LogP contribution in [0, 0.1) is 0 Å². The van der Waals surface area contributed by atoms with Crippen LogP contribution in [-0.4, -0.2) is 53.4 Å². The largest absolute Gasteiger partial charge is 0.478 e. The lowest BCUT2D eigenvalue weighted by molar-refractivity contribution is -0.122. The fourth-order valence-electron chi connectivity index (χ4n) is 4.61. The summed E-state index contributed by atoms with van der Waals surface area (Å²) in [4.78, 5) is 41.0. The molecule has 1 saturated heterocycles. The molecule has 2 aliphatic rings. The molecule has 1 aromatic heterocycles. The molecule has 1 fully saturated rings. The Bertz CT molecular complexity index is 1260. The summed E-state index contributed by atoms with van der Waals surface area (Å²) < 4.78 is 11.0. The lowest BCUT2D eigenvalue weighted by Crippen LogP contribution is -2.57. The highest BCUT2D eigenvalue weighted by Gasteiger charge is 2.44. The van der Waals surface area contributed by atoms with Crippen LogP contribution in [0.5, 0.6) is 0 Å². The first-order valence-corrected chi connectivity index (χ1v) is 11.2. The Morgan fingerprint density at radius 3 is 2.37 bits per heavy atom. The molecule has 9 heteroatoms. The van der Waals surface area contributed by atoms with Crippen LogP contribution in [0.4, 0.5) is 10.5 Å². The fourth-order valence-corrected chi connectivity index (χ4v) is 4.61. The quantitative estimate of drug-likeness (QED) is 0.501. The molecular formula is C26H23N3O6. The molecule has 0 saturated carbocycles. The third-order valence-corrected chi connectivity index (χ3v) is 6.38. The number of pyridine rings is 1. The van der Waals surface area contributed by atoms with Gasteiger partial charge in [-0.2, -0.15) is 0 Å². The number of alkyl carbamates (subject to hydrolysis) is 1. The second-order valence-corrected chi connectivity index (χ2v) is 8.56. The van der Waals surface area contributed by atoms with Gasteiger partial charge < -0.3 is 25.2 Å². The molecule has 3 N–H and O–H groups in total. The number of amides is 2. The normalized spacial score (nSPS) is 18.4. The number of nitrogens with one attached hydrogen (secondary N) is 2. The van der Waals surface area contributed by atoms with Crippen LogP contribution in [-0.2, 0) is 14.3 Å². The molecule has 2 amide bonds. The van der Waals surface area contributed by atoms with E-state index in [9.17, 15) is 14.4 Å². The summed E-state index contributed by atoms with van der Waals surface area (Å²) in [5.74, 6) is -1.81. The van der Waals surface area contributed by atoms with Crippen molar-refractivity contribution in [2.75, 3.05) is 25.1 Å². The topological polar surface area (TPSA) is 127 Å². The zero-order valence-electron chi connectivity index (χ0n) is 18.7. The summed E-state index contributed by atoms with van der Waals surface area (Å²) in [5, 5.41) is 14.5. The minimum Gasteiger partial charge on any atom is -0.478 e. The first kappa shape index (κ1) is 22.5. The maximum absolute atomic E-state index is 13.1. The Morgan fingerprint density at radius 2 is 1.74 bits per heavy atom. The van der Waals surface area contributed by atoms with Gasteiger partial charge in [0.1, 0.15) is 12.1 Å². The van der Waals surface area contributed by atoms with Crippen molar-refractivity contribution in [1.82, 2.24) is 10.3 Å². The van der Waals surface area contributed by atoms with Crippen molar-refractivity contribution in [3.8, 4) is 11.1 Å². The van der Waals surface area contributed by atoms with Crippen molar-refractivity contribution in [1.29, 1.82) is 0 Å². The number of rotatable bonds is 6. The summed E-state index contributed by atoms with van der Waals surface area (Å²) in [6.07, 6.45) is 2.03. The molecular weight excluding hydrogens is 450 g/mol. The number of benzene rings is 2. The molecule has 0 spiro atoms. The minimum absolute atomic E-state index is 0.0327. The Morgan fingerprint density at radius 1 is 1.06 bits per heavy atom. The zero-order valence-corrected chi connectivity index (χ0v) is 18.7. The van der Waals surface area contributed by atoms with Crippen molar-refractivity contribution in [2.45, 2.75) is 17.9 Å². The molecule has 0 radical (unpaired) electrons. The van der Waals surface area contributed by atoms with Crippen molar-refractivity contribution in [3.05, 3.63) is 83.7 Å². The Balaban J connectivity index is 1.28.